The van der Waals surface area contributed by atoms with E-state index in [1.165, 1.54) is 0 Å². The average molecular weight is 209 g/mol. The second-order valence-corrected chi connectivity index (χ2v) is 3.58. The molecule has 1 heterocycles. The average Bonchev–Trinajstić information content (AvgIpc) is 2.82. The van der Waals surface area contributed by atoms with Crippen molar-refractivity contribution in [2.24, 2.45) is 5.92 Å². The van der Waals surface area contributed by atoms with Crippen LogP contribution in [0.15, 0.2) is 22.8 Å². The quantitative estimate of drug-likeness (QED) is 0.760. The molecule has 1 amide bonds. The van der Waals surface area contributed by atoms with Gasteiger partial charge in [-0.05, 0) is 18.6 Å². The molecular formula is C10H11NO4. The first-order valence-corrected chi connectivity index (χ1v) is 4.71. The van der Waals surface area contributed by atoms with Crippen LogP contribution in [-0.2, 0) is 9.59 Å². The Morgan fingerprint density at radius 2 is 2.40 bits per heavy atom. The van der Waals surface area contributed by atoms with Gasteiger partial charge in [0.15, 0.2) is 0 Å². The SMILES string of the molecule is O=C(O)CNC(=O)C1CC1c1ccco1. The summed E-state index contributed by atoms with van der Waals surface area (Å²) in [5, 5.41) is 10.7. The number of carbonyl (C=O) groups excluding carboxylic acids is 1. The Hall–Kier alpha value is -1.78. The molecular weight excluding hydrogens is 198 g/mol. The molecule has 2 rings (SSSR count). The Morgan fingerprint density at radius 1 is 1.60 bits per heavy atom. The Kier molecular flexibility index (Phi) is 2.45. The van der Waals surface area contributed by atoms with Crippen LogP contribution in [0.5, 0.6) is 0 Å². The van der Waals surface area contributed by atoms with Gasteiger partial charge in [-0.25, -0.2) is 0 Å². The Labute approximate surface area is 86.1 Å². The van der Waals surface area contributed by atoms with Crippen LogP contribution >= 0.6 is 0 Å². The fourth-order valence-corrected chi connectivity index (χ4v) is 1.60. The van der Waals surface area contributed by atoms with Crippen molar-refractivity contribution in [2.45, 2.75) is 12.3 Å². The minimum absolute atomic E-state index is 0.119. The summed E-state index contributed by atoms with van der Waals surface area (Å²) in [6.07, 6.45) is 2.30. The third-order valence-electron chi connectivity index (χ3n) is 2.45. The van der Waals surface area contributed by atoms with E-state index in [0.29, 0.717) is 0 Å². The molecule has 1 aliphatic rings. The molecule has 1 saturated carbocycles. The number of nitrogens with one attached hydrogen (secondary N) is 1. The summed E-state index contributed by atoms with van der Waals surface area (Å²) < 4.78 is 5.17. The topological polar surface area (TPSA) is 79.5 Å². The molecule has 0 spiro atoms. The number of furan rings is 1. The molecule has 80 valence electrons. The molecule has 0 bridgehead atoms. The first kappa shape index (κ1) is 9.76. The summed E-state index contributed by atoms with van der Waals surface area (Å²) in [6.45, 7) is -0.319. The van der Waals surface area contributed by atoms with Gasteiger partial charge in [-0.1, -0.05) is 0 Å². The van der Waals surface area contributed by atoms with Crippen LogP contribution in [0.1, 0.15) is 18.1 Å². The lowest BCUT2D eigenvalue weighted by atomic mass is 10.2. The molecule has 0 saturated heterocycles. The summed E-state index contributed by atoms with van der Waals surface area (Å²) in [6, 6.07) is 3.61. The fourth-order valence-electron chi connectivity index (χ4n) is 1.60. The molecule has 5 heteroatoms. The van der Waals surface area contributed by atoms with Crippen LogP contribution < -0.4 is 5.32 Å². The van der Waals surface area contributed by atoms with Gasteiger partial charge in [0, 0.05) is 11.8 Å². The normalized spacial score (nSPS) is 23.5. The number of amides is 1. The van der Waals surface area contributed by atoms with Crippen molar-refractivity contribution in [1.82, 2.24) is 5.32 Å². The minimum Gasteiger partial charge on any atom is -0.480 e. The van der Waals surface area contributed by atoms with Gasteiger partial charge in [0.05, 0.1) is 6.26 Å². The Morgan fingerprint density at radius 3 is 3.00 bits per heavy atom. The number of carboxylic acid groups (broad SMARTS) is 1. The highest BCUT2D eigenvalue weighted by atomic mass is 16.4. The molecule has 0 aliphatic heterocycles. The smallest absolute Gasteiger partial charge is 0.322 e. The molecule has 0 radical (unpaired) electrons. The van der Waals surface area contributed by atoms with E-state index in [9.17, 15) is 9.59 Å². The van der Waals surface area contributed by atoms with E-state index in [2.05, 4.69) is 5.32 Å². The predicted octanol–water partition coefficient (Wildman–Crippen LogP) is 0.584. The fraction of sp³-hybridized carbons (Fsp3) is 0.400. The van der Waals surface area contributed by atoms with Gasteiger partial charge in [0.25, 0.3) is 0 Å². The van der Waals surface area contributed by atoms with Gasteiger partial charge >= 0.3 is 5.97 Å². The van der Waals surface area contributed by atoms with E-state index < -0.39 is 5.97 Å². The molecule has 5 nitrogen and oxygen atoms in total. The maximum Gasteiger partial charge on any atom is 0.322 e. The van der Waals surface area contributed by atoms with E-state index in [-0.39, 0.29) is 24.3 Å². The number of rotatable bonds is 4. The van der Waals surface area contributed by atoms with Crippen molar-refractivity contribution in [3.8, 4) is 0 Å². The lowest BCUT2D eigenvalue weighted by molar-refractivity contribution is -0.138. The largest absolute Gasteiger partial charge is 0.480 e. The third-order valence-corrected chi connectivity index (χ3v) is 2.45. The second kappa shape index (κ2) is 3.76. The molecule has 2 N–H and O–H groups in total. The van der Waals surface area contributed by atoms with Gasteiger partial charge in [0.2, 0.25) is 5.91 Å². The Bertz CT molecular complexity index is 371. The minimum atomic E-state index is -1.03. The zero-order valence-corrected chi connectivity index (χ0v) is 7.97. The van der Waals surface area contributed by atoms with Gasteiger partial charge in [-0.2, -0.15) is 0 Å². The van der Waals surface area contributed by atoms with Crippen LogP contribution in [0.2, 0.25) is 0 Å². The zero-order chi connectivity index (χ0) is 10.8. The van der Waals surface area contributed by atoms with Crippen LogP contribution in [0, 0.1) is 5.92 Å². The highest BCUT2D eigenvalue weighted by Crippen LogP contribution is 2.47. The molecule has 1 aromatic rings. The summed E-state index contributed by atoms with van der Waals surface area (Å²) in [5.74, 6) is -0.452. The van der Waals surface area contributed by atoms with Crippen molar-refractivity contribution in [3.63, 3.8) is 0 Å². The molecule has 2 unspecified atom stereocenters. The molecule has 15 heavy (non-hydrogen) atoms. The maximum absolute atomic E-state index is 11.4. The molecule has 1 fully saturated rings. The van der Waals surface area contributed by atoms with Crippen LogP contribution in [0.4, 0.5) is 0 Å². The number of hydrogen-bond acceptors (Lipinski definition) is 3. The summed E-state index contributed by atoms with van der Waals surface area (Å²) in [4.78, 5) is 21.6. The van der Waals surface area contributed by atoms with E-state index >= 15 is 0 Å². The lowest BCUT2D eigenvalue weighted by Gasteiger charge is -1.99. The lowest BCUT2D eigenvalue weighted by Crippen LogP contribution is -2.30. The van der Waals surface area contributed by atoms with E-state index in [1.54, 1.807) is 12.3 Å². The summed E-state index contributed by atoms with van der Waals surface area (Å²) in [5.41, 5.74) is 0. The molecule has 0 aromatic carbocycles. The van der Waals surface area contributed by atoms with Crippen molar-refractivity contribution >= 4 is 11.9 Å². The number of carboxylic acids is 1. The van der Waals surface area contributed by atoms with Gasteiger partial charge in [-0.3, -0.25) is 9.59 Å². The van der Waals surface area contributed by atoms with Crippen LogP contribution in [-0.4, -0.2) is 23.5 Å². The summed E-state index contributed by atoms with van der Waals surface area (Å²) in [7, 11) is 0. The molecule has 2 atom stereocenters. The van der Waals surface area contributed by atoms with Crippen molar-refractivity contribution < 1.29 is 19.1 Å². The third kappa shape index (κ3) is 2.18. The van der Waals surface area contributed by atoms with Crippen molar-refractivity contribution in [2.75, 3.05) is 6.54 Å². The van der Waals surface area contributed by atoms with Gasteiger partial charge in [-0.15, -0.1) is 0 Å². The standard InChI is InChI=1S/C10H11NO4/c12-9(13)5-11-10(14)7-4-6(7)8-2-1-3-15-8/h1-3,6-7H,4-5H2,(H,11,14)(H,12,13). The first-order chi connectivity index (χ1) is 7.18. The highest BCUT2D eigenvalue weighted by molar-refractivity contribution is 5.85. The van der Waals surface area contributed by atoms with E-state index in [1.807, 2.05) is 6.07 Å². The number of hydrogen-bond donors (Lipinski definition) is 2. The summed E-state index contributed by atoms with van der Waals surface area (Å²) >= 11 is 0. The molecule has 1 aliphatic carbocycles. The van der Waals surface area contributed by atoms with Gasteiger partial charge < -0.3 is 14.8 Å². The van der Waals surface area contributed by atoms with Crippen LogP contribution in [0.25, 0.3) is 0 Å². The van der Waals surface area contributed by atoms with Crippen molar-refractivity contribution in [1.29, 1.82) is 0 Å². The Balaban J connectivity index is 1.83. The predicted molar refractivity (Wildman–Crippen MR) is 50.2 cm³/mol. The number of carbonyl (C=O) groups is 2. The highest BCUT2D eigenvalue weighted by Gasteiger charge is 2.45. The molecule has 1 aromatic heterocycles. The van der Waals surface area contributed by atoms with E-state index in [4.69, 9.17) is 9.52 Å². The monoisotopic (exact) mass is 209 g/mol. The van der Waals surface area contributed by atoms with E-state index in [0.717, 1.165) is 12.2 Å². The van der Waals surface area contributed by atoms with Crippen LogP contribution in [0.3, 0.4) is 0 Å². The van der Waals surface area contributed by atoms with Gasteiger partial charge in [0.1, 0.15) is 12.3 Å². The van der Waals surface area contributed by atoms with Crippen molar-refractivity contribution in [3.05, 3.63) is 24.2 Å². The second-order valence-electron chi connectivity index (χ2n) is 3.58. The first-order valence-electron chi connectivity index (χ1n) is 4.71. The maximum atomic E-state index is 11.4. The number of aliphatic carboxylic acids is 1. The zero-order valence-electron chi connectivity index (χ0n) is 7.97.